The van der Waals surface area contributed by atoms with Crippen LogP contribution in [0.1, 0.15) is 137 Å². The molecule has 0 aromatic carbocycles. The molecular weight excluding hydrogens is 1190 g/mol. The molecule has 57 heavy (non-hydrogen) atoms. The van der Waals surface area contributed by atoms with Crippen molar-refractivity contribution in [2.24, 2.45) is 17.8 Å². The highest BCUT2D eigenvalue weighted by molar-refractivity contribution is 15.0. The summed E-state index contributed by atoms with van der Waals surface area (Å²) >= 11 is 6.45. The number of ether oxygens (including phenoxy) is 3. The summed E-state index contributed by atoms with van der Waals surface area (Å²) in [5.74, 6) is 3.00. The van der Waals surface area contributed by atoms with E-state index < -0.39 is 16.8 Å². The Kier molecular flexibility index (Phi) is 21.9. The van der Waals surface area contributed by atoms with Gasteiger partial charge in [-0.15, -0.1) is 24.0 Å². The molecule has 6 atom stereocenters. The van der Waals surface area contributed by atoms with Gasteiger partial charge in [-0.05, 0) is 136 Å². The molecule has 5 heterocycles. The first kappa shape index (κ1) is 53.8. The first-order valence-corrected chi connectivity index (χ1v) is 26.4. The number of hydrogen-bond acceptors (Lipinski definition) is 9. The van der Waals surface area contributed by atoms with E-state index in [0.29, 0.717) is 24.3 Å². The van der Waals surface area contributed by atoms with E-state index >= 15 is 0 Å². The van der Waals surface area contributed by atoms with Gasteiger partial charge in [0.15, 0.2) is 0 Å². The predicted molar refractivity (Wildman–Crippen MR) is 258 cm³/mol. The summed E-state index contributed by atoms with van der Waals surface area (Å²) in [6.45, 7) is 29.1. The van der Waals surface area contributed by atoms with Crippen molar-refractivity contribution in [1.29, 1.82) is 0 Å². The molecule has 2 N–H and O–H groups in total. The molecule has 2 aromatic heterocycles. The number of hydrogen-bond donors (Lipinski definition) is 2. The maximum absolute atomic E-state index is 12.3. The molecule has 0 aliphatic carbocycles. The lowest BCUT2D eigenvalue weighted by Crippen LogP contribution is -2.40. The molecule has 3 fully saturated rings. The molecule has 5 rings (SSSR count). The summed E-state index contributed by atoms with van der Waals surface area (Å²) in [4.78, 5) is 67.6. The van der Waals surface area contributed by atoms with Crippen LogP contribution in [0.5, 0.6) is 0 Å². The minimum absolute atomic E-state index is 0. The summed E-state index contributed by atoms with van der Waals surface area (Å²) in [5, 5.41) is 0. The van der Waals surface area contributed by atoms with Crippen molar-refractivity contribution in [2.45, 2.75) is 151 Å². The number of imidazole rings is 2. The minimum atomic E-state index is -0.504. The summed E-state index contributed by atoms with van der Waals surface area (Å²) in [7, 11) is 0. The van der Waals surface area contributed by atoms with Crippen LogP contribution in [-0.4, -0.2) is 102 Å². The van der Waals surface area contributed by atoms with Gasteiger partial charge >= 0.3 is 18.3 Å². The summed E-state index contributed by atoms with van der Waals surface area (Å²) in [5.41, 5.74) is 0.618. The number of carbonyl (C=O) groups is 4. The molecule has 0 bridgehead atoms. The molecule has 2 aromatic rings. The number of nitrogens with zero attached hydrogens (tertiary/aromatic N) is 5. The van der Waals surface area contributed by atoms with Gasteiger partial charge in [-0.1, -0.05) is 20.8 Å². The topological polar surface area (TPSA) is 163 Å². The Balaban J connectivity index is 0.000000419. The second-order valence-electron chi connectivity index (χ2n) is 18.1. The van der Waals surface area contributed by atoms with Crippen LogP contribution in [0, 0.1) is 35.3 Å². The average molecular weight is 1250 g/mol. The van der Waals surface area contributed by atoms with Crippen LogP contribution in [0.3, 0.4) is 0 Å². The lowest BCUT2D eigenvalue weighted by atomic mass is 10.1. The molecule has 0 saturated carbocycles. The minimum Gasteiger partial charge on any atom is -0.444 e. The first-order chi connectivity index (χ1) is 25.8. The van der Waals surface area contributed by atoms with Gasteiger partial charge in [-0.25, -0.2) is 24.4 Å². The third-order valence-corrected chi connectivity index (χ3v) is 9.86. The van der Waals surface area contributed by atoms with Crippen LogP contribution in [0.25, 0.3) is 0 Å². The zero-order valence-electron chi connectivity index (χ0n) is 36.0. The third-order valence-electron chi connectivity index (χ3n) is 8.81. The van der Waals surface area contributed by atoms with Crippen molar-refractivity contribution in [3.8, 4) is 0 Å². The van der Waals surface area contributed by atoms with E-state index in [0.717, 1.165) is 65.4 Å². The van der Waals surface area contributed by atoms with E-state index in [1.165, 1.54) is 4.90 Å². The number of rotatable bonds is 3. The molecule has 0 radical (unpaired) electrons. The quantitative estimate of drug-likeness (QED) is 0.173. The van der Waals surface area contributed by atoms with Crippen LogP contribution >= 0.6 is 83.8 Å². The van der Waals surface area contributed by atoms with E-state index in [2.05, 4.69) is 93.6 Å². The highest BCUT2D eigenvalue weighted by Gasteiger charge is 2.40. The number of aldehydes is 1. The maximum atomic E-state index is 12.3. The van der Waals surface area contributed by atoms with Gasteiger partial charge in [-0.3, -0.25) is 14.7 Å². The van der Waals surface area contributed by atoms with Gasteiger partial charge in [0.2, 0.25) is 0 Å². The normalized spacial score (nSPS) is 23.1. The fourth-order valence-corrected chi connectivity index (χ4v) is 7.02. The largest absolute Gasteiger partial charge is 0.444 e. The maximum Gasteiger partial charge on any atom is 0.410 e. The average Bonchev–Trinajstić information content (AvgIpc) is 3.89. The fourth-order valence-electron chi connectivity index (χ4n) is 6.62. The number of H-pyrrole nitrogens is 2. The molecule has 326 valence electrons. The summed E-state index contributed by atoms with van der Waals surface area (Å²) in [6, 6.07) is -0.324. The molecule has 3 aliphatic rings. The molecule has 3 amide bonds. The Bertz CT molecular complexity index is 1580. The zero-order chi connectivity index (χ0) is 42.9. The van der Waals surface area contributed by atoms with Crippen LogP contribution in [0.4, 0.5) is 14.4 Å². The van der Waals surface area contributed by atoms with Crippen LogP contribution < -0.4 is 0 Å². The van der Waals surface area contributed by atoms with Crippen molar-refractivity contribution < 1.29 is 33.4 Å². The van der Waals surface area contributed by atoms with Crippen molar-refractivity contribution in [1.82, 2.24) is 34.6 Å². The number of aromatic nitrogens is 4. The van der Waals surface area contributed by atoms with Crippen molar-refractivity contribution >= 4 is 108 Å². The van der Waals surface area contributed by atoms with E-state index in [4.69, 9.17) is 14.2 Å². The zero-order valence-corrected chi connectivity index (χ0v) is 44.8. The van der Waals surface area contributed by atoms with E-state index in [1.54, 1.807) is 16.0 Å². The standard InChI is InChI=1S/C14H22IN3O2.C14H23N3O2.C11H19NO3.I2.HI/c1-8-6-10(12-16-9(2)11(15)17-12)18(7-8)13(19)20-14(3,4)5;1-9-6-11(12-15-7-10(2)16-12)17(8-9)13(18)19-14(3,4)5;1-8-5-9(7-13)12(6-8)10(14)15-11(2,3)4;1-2;/h8,10H,6-7H2,1-5H3,(H,16,17);7,9,11H,6,8H2,1-5H3,(H,15,16);7-9H,5-6H2,1-4H3;;1H/t8-,10-;9?,11-;8?,9-;;/m000../s1. The van der Waals surface area contributed by atoms with Gasteiger partial charge in [0.1, 0.15) is 38.4 Å². The lowest BCUT2D eigenvalue weighted by Gasteiger charge is -2.27. The smallest absolute Gasteiger partial charge is 0.410 e. The molecule has 14 nitrogen and oxygen atoms in total. The van der Waals surface area contributed by atoms with Crippen LogP contribution in [0.2, 0.25) is 0 Å². The Hall–Kier alpha value is -1.18. The fraction of sp³-hybridized carbons (Fsp3) is 0.744. The van der Waals surface area contributed by atoms with Crippen molar-refractivity contribution in [2.75, 3.05) is 19.6 Å². The second-order valence-corrected chi connectivity index (χ2v) is 19.2. The Labute approximate surface area is 394 Å². The lowest BCUT2D eigenvalue weighted by molar-refractivity contribution is -0.111. The van der Waals surface area contributed by atoms with Crippen LogP contribution in [-0.2, 0) is 19.0 Å². The SMILES string of the molecule is CC1C[C@@H](C=O)N(C(=O)OC(C)(C)C)C1.Cc1[nH]c([C@@H]2C[C@H](C)CN2C(=O)OC(C)(C)C)nc1I.Cc1cnc([C@@H]2CC(C)CN2C(=O)OC(C)(C)C)[nH]1.I.II. The van der Waals surface area contributed by atoms with Gasteiger partial charge in [0.25, 0.3) is 0 Å². The molecule has 3 aliphatic heterocycles. The molecule has 2 unspecified atom stereocenters. The Morgan fingerprint density at radius 3 is 1.44 bits per heavy atom. The van der Waals surface area contributed by atoms with Crippen molar-refractivity contribution in [3.63, 3.8) is 0 Å². The highest BCUT2D eigenvalue weighted by atomic mass is 128. The number of aromatic amines is 2. The molecule has 3 saturated heterocycles. The monoisotopic (exact) mass is 1250 g/mol. The predicted octanol–water partition coefficient (Wildman–Crippen LogP) is 10.9. The number of likely N-dealkylation sites (tertiary alicyclic amines) is 3. The first-order valence-electron chi connectivity index (χ1n) is 19.1. The molecular formula is C39H65I4N7O7. The van der Waals surface area contributed by atoms with Gasteiger partial charge < -0.3 is 29.0 Å². The molecule has 0 spiro atoms. The Morgan fingerprint density at radius 2 is 1.09 bits per heavy atom. The van der Waals surface area contributed by atoms with E-state index in [9.17, 15) is 19.2 Å². The summed E-state index contributed by atoms with van der Waals surface area (Å²) in [6.07, 6.45) is 4.31. The third kappa shape index (κ3) is 17.8. The second kappa shape index (κ2) is 23.2. The Morgan fingerprint density at radius 1 is 0.702 bits per heavy atom. The highest BCUT2D eigenvalue weighted by Crippen LogP contribution is 2.36. The van der Waals surface area contributed by atoms with E-state index in [1.807, 2.05) is 83.1 Å². The van der Waals surface area contributed by atoms with Gasteiger partial charge in [-0.2, -0.15) is 0 Å². The van der Waals surface area contributed by atoms with E-state index in [-0.39, 0.29) is 60.4 Å². The van der Waals surface area contributed by atoms with Gasteiger partial charge in [0.05, 0.1) is 18.1 Å². The number of carbonyl (C=O) groups excluding carboxylic acids is 4. The van der Waals surface area contributed by atoms with Crippen molar-refractivity contribution in [3.05, 3.63) is 32.9 Å². The summed E-state index contributed by atoms with van der Waals surface area (Å²) < 4.78 is 17.2. The van der Waals surface area contributed by atoms with Crippen LogP contribution in [0.15, 0.2) is 6.20 Å². The molecule has 18 heteroatoms. The van der Waals surface area contributed by atoms with Gasteiger partial charge in [0, 0.05) is 74.5 Å². The number of aryl methyl sites for hydroxylation is 2. The number of nitrogens with one attached hydrogen (secondary N) is 2. The number of halogens is 4. The number of amides is 3.